The summed E-state index contributed by atoms with van der Waals surface area (Å²) >= 11 is 0. The molecule has 2 aromatic rings. The van der Waals surface area contributed by atoms with Crippen LogP contribution in [-0.2, 0) is 4.74 Å². The van der Waals surface area contributed by atoms with E-state index in [1.54, 1.807) is 18.2 Å². The molecule has 0 aliphatic heterocycles. The Morgan fingerprint density at radius 2 is 1.78 bits per heavy atom. The molecule has 0 heterocycles. The summed E-state index contributed by atoms with van der Waals surface area (Å²) in [6, 6.07) is 13.3. The fraction of sp³-hybridized carbons (Fsp3) is 0.448. The first-order valence-electron chi connectivity index (χ1n) is 11.9. The molecule has 0 amide bonds. The van der Waals surface area contributed by atoms with Crippen molar-refractivity contribution in [3.05, 3.63) is 77.6 Å². The van der Waals surface area contributed by atoms with E-state index in [1.807, 2.05) is 0 Å². The van der Waals surface area contributed by atoms with E-state index < -0.39 is 0 Å². The lowest BCUT2D eigenvalue weighted by Crippen LogP contribution is -2.33. The Morgan fingerprint density at radius 1 is 1.00 bits per heavy atom. The van der Waals surface area contributed by atoms with Crippen molar-refractivity contribution in [3.63, 3.8) is 0 Å². The summed E-state index contributed by atoms with van der Waals surface area (Å²) in [5, 5.41) is 0. The maximum Gasteiger partial charge on any atom is 0.142 e. The van der Waals surface area contributed by atoms with Gasteiger partial charge in [-0.2, -0.15) is 0 Å². The molecule has 2 aliphatic rings. The first-order valence-corrected chi connectivity index (χ1v) is 11.9. The van der Waals surface area contributed by atoms with Crippen LogP contribution in [0.4, 0.5) is 4.39 Å². The monoisotopic (exact) mass is 432 g/mol. The van der Waals surface area contributed by atoms with Gasteiger partial charge in [0.2, 0.25) is 0 Å². The lowest BCUT2D eigenvalue weighted by molar-refractivity contribution is -0.00955. The lowest BCUT2D eigenvalue weighted by atomic mass is 9.65. The summed E-state index contributed by atoms with van der Waals surface area (Å²) in [5.74, 6) is 8.48. The molecule has 2 saturated carbocycles. The van der Waals surface area contributed by atoms with Crippen molar-refractivity contribution in [2.75, 3.05) is 13.2 Å². The summed E-state index contributed by atoms with van der Waals surface area (Å²) in [6.07, 6.45) is 9.75. The molecule has 32 heavy (non-hydrogen) atoms. The van der Waals surface area contributed by atoms with Crippen molar-refractivity contribution in [2.24, 2.45) is 11.8 Å². The fourth-order valence-corrected chi connectivity index (χ4v) is 5.36. The molecule has 4 unspecified atom stereocenters. The van der Waals surface area contributed by atoms with Gasteiger partial charge in [-0.15, -0.1) is 0 Å². The maximum absolute atomic E-state index is 14.3. The van der Waals surface area contributed by atoms with Gasteiger partial charge in [0.25, 0.3) is 0 Å². The first kappa shape index (κ1) is 22.6. The zero-order valence-electron chi connectivity index (χ0n) is 19.0. The minimum absolute atomic E-state index is 0.354. The molecule has 2 aromatic carbocycles. The van der Waals surface area contributed by atoms with Gasteiger partial charge in [-0.3, -0.25) is 0 Å². The zero-order chi connectivity index (χ0) is 22.3. The molecule has 0 N–H and O–H groups in total. The Hall–Kier alpha value is -2.57. The van der Waals surface area contributed by atoms with Crippen LogP contribution in [-0.4, -0.2) is 19.3 Å². The molecular formula is C29H33FO2. The van der Waals surface area contributed by atoms with E-state index in [9.17, 15) is 4.39 Å². The second-order valence-electron chi connectivity index (χ2n) is 9.03. The van der Waals surface area contributed by atoms with Crippen LogP contribution in [0.25, 0.3) is 0 Å². The predicted octanol–water partition coefficient (Wildman–Crippen LogP) is 6.88. The standard InChI is InChI=1S/C29H33FO2/c1-3-17-32-28-15-13-23(29(30)20-28)10-7-21-5-8-22(9-6-21)24-11-12-26-19-27(31-4-2)16-14-25(26)18-24/h3,5-6,8-9,13,15,20,24-27H,1,4,11-12,14,16-19H2,2H3. The van der Waals surface area contributed by atoms with Crippen LogP contribution < -0.4 is 4.74 Å². The second kappa shape index (κ2) is 10.8. The summed E-state index contributed by atoms with van der Waals surface area (Å²) in [4.78, 5) is 0. The Balaban J connectivity index is 1.36. The van der Waals surface area contributed by atoms with Crippen LogP contribution in [0.2, 0.25) is 0 Å². The highest BCUT2D eigenvalue weighted by Gasteiger charge is 2.36. The molecule has 2 aliphatic carbocycles. The van der Waals surface area contributed by atoms with Gasteiger partial charge in [-0.25, -0.2) is 4.39 Å². The smallest absolute Gasteiger partial charge is 0.142 e. The van der Waals surface area contributed by atoms with Crippen molar-refractivity contribution in [2.45, 2.75) is 57.5 Å². The topological polar surface area (TPSA) is 18.5 Å². The molecule has 0 aromatic heterocycles. The maximum atomic E-state index is 14.3. The highest BCUT2D eigenvalue weighted by atomic mass is 19.1. The number of rotatable bonds is 6. The Labute approximate surface area is 191 Å². The molecule has 4 atom stereocenters. The normalized spacial score (nSPS) is 24.7. The van der Waals surface area contributed by atoms with Crippen molar-refractivity contribution in [1.29, 1.82) is 0 Å². The number of hydrogen-bond acceptors (Lipinski definition) is 2. The van der Waals surface area contributed by atoms with Crippen molar-refractivity contribution >= 4 is 0 Å². The first-order chi connectivity index (χ1) is 15.7. The van der Waals surface area contributed by atoms with E-state index in [0.717, 1.165) is 24.0 Å². The van der Waals surface area contributed by atoms with Crippen molar-refractivity contribution in [3.8, 4) is 17.6 Å². The lowest BCUT2D eigenvalue weighted by Gasteiger charge is -2.42. The molecule has 168 valence electrons. The minimum Gasteiger partial charge on any atom is -0.489 e. The average molecular weight is 433 g/mol. The third-order valence-corrected chi connectivity index (χ3v) is 7.00. The van der Waals surface area contributed by atoms with Crippen LogP contribution in [0.5, 0.6) is 5.75 Å². The van der Waals surface area contributed by atoms with Gasteiger partial charge in [0.1, 0.15) is 18.2 Å². The quantitative estimate of drug-likeness (QED) is 0.366. The van der Waals surface area contributed by atoms with E-state index in [-0.39, 0.29) is 5.82 Å². The molecule has 4 rings (SSSR count). The number of hydrogen-bond donors (Lipinski definition) is 0. The Kier molecular flexibility index (Phi) is 7.66. The van der Waals surface area contributed by atoms with Gasteiger partial charge in [-0.1, -0.05) is 36.6 Å². The highest BCUT2D eigenvalue weighted by Crippen LogP contribution is 2.46. The van der Waals surface area contributed by atoms with Crippen LogP contribution >= 0.6 is 0 Å². The average Bonchev–Trinajstić information content (AvgIpc) is 2.82. The van der Waals surface area contributed by atoms with Gasteiger partial charge in [0.15, 0.2) is 0 Å². The number of benzene rings is 2. The van der Waals surface area contributed by atoms with E-state index >= 15 is 0 Å². The zero-order valence-corrected chi connectivity index (χ0v) is 19.0. The van der Waals surface area contributed by atoms with Gasteiger partial charge >= 0.3 is 0 Å². The van der Waals surface area contributed by atoms with Gasteiger partial charge < -0.3 is 9.47 Å². The van der Waals surface area contributed by atoms with Crippen molar-refractivity contribution < 1.29 is 13.9 Å². The SMILES string of the molecule is C=CCOc1ccc(C#Cc2ccc(C3CCC4CC(OCC)CCC4C3)cc2)c(F)c1. The number of ether oxygens (including phenoxy) is 2. The highest BCUT2D eigenvalue weighted by molar-refractivity contribution is 5.46. The van der Waals surface area contributed by atoms with Crippen LogP contribution in [0.3, 0.4) is 0 Å². The predicted molar refractivity (Wildman–Crippen MR) is 127 cm³/mol. The van der Waals surface area contributed by atoms with E-state index in [2.05, 4.69) is 49.6 Å². The molecule has 0 radical (unpaired) electrons. The van der Waals surface area contributed by atoms with E-state index in [4.69, 9.17) is 9.47 Å². The summed E-state index contributed by atoms with van der Waals surface area (Å²) < 4.78 is 25.5. The summed E-state index contributed by atoms with van der Waals surface area (Å²) in [6.45, 7) is 6.89. The largest absolute Gasteiger partial charge is 0.489 e. The van der Waals surface area contributed by atoms with Crippen LogP contribution in [0.15, 0.2) is 55.1 Å². The number of halogens is 1. The molecule has 2 nitrogen and oxygen atoms in total. The third-order valence-electron chi connectivity index (χ3n) is 7.00. The minimum atomic E-state index is -0.369. The van der Waals surface area contributed by atoms with Crippen molar-refractivity contribution in [1.82, 2.24) is 0 Å². The van der Waals surface area contributed by atoms with E-state index in [1.165, 1.54) is 50.2 Å². The Morgan fingerprint density at radius 3 is 2.53 bits per heavy atom. The van der Waals surface area contributed by atoms with Gasteiger partial charge in [0.05, 0.1) is 11.7 Å². The summed E-state index contributed by atoms with van der Waals surface area (Å²) in [5.41, 5.74) is 2.70. The third kappa shape index (κ3) is 5.61. The molecular weight excluding hydrogens is 399 g/mol. The van der Waals surface area contributed by atoms with Gasteiger partial charge in [-0.05, 0) is 93.0 Å². The van der Waals surface area contributed by atoms with Crippen LogP contribution in [0.1, 0.15) is 68.1 Å². The molecule has 0 spiro atoms. The van der Waals surface area contributed by atoms with E-state index in [0.29, 0.717) is 29.9 Å². The summed E-state index contributed by atoms with van der Waals surface area (Å²) in [7, 11) is 0. The molecule has 0 saturated heterocycles. The molecule has 3 heteroatoms. The second-order valence-corrected chi connectivity index (χ2v) is 9.03. The number of fused-ring (bicyclic) bond motifs is 1. The molecule has 2 fully saturated rings. The molecule has 0 bridgehead atoms. The fourth-order valence-electron chi connectivity index (χ4n) is 5.36. The van der Waals surface area contributed by atoms with Gasteiger partial charge in [0, 0.05) is 18.2 Å². The van der Waals surface area contributed by atoms with Crippen LogP contribution in [0, 0.1) is 29.5 Å². The Bertz CT molecular complexity index is 969.